The van der Waals surface area contributed by atoms with Crippen molar-refractivity contribution in [2.75, 3.05) is 6.61 Å². The molecule has 2 unspecified atom stereocenters. The van der Waals surface area contributed by atoms with Gasteiger partial charge in [-0.2, -0.15) is 0 Å². The molecule has 5 atom stereocenters. The van der Waals surface area contributed by atoms with Crippen LogP contribution in [0.25, 0.3) is 0 Å². The van der Waals surface area contributed by atoms with E-state index in [9.17, 15) is 20.4 Å². The van der Waals surface area contributed by atoms with Crippen molar-refractivity contribution in [1.82, 2.24) is 0 Å². The van der Waals surface area contributed by atoms with Crippen molar-refractivity contribution in [3.63, 3.8) is 0 Å². The first-order valence-electron chi connectivity index (χ1n) is 7.32. The molecule has 0 amide bonds. The number of hydrogen-bond acceptors (Lipinski definition) is 6. The summed E-state index contributed by atoms with van der Waals surface area (Å²) in [4.78, 5) is 0. The van der Waals surface area contributed by atoms with E-state index in [1.54, 1.807) is 12.1 Å². The zero-order chi connectivity index (χ0) is 16.5. The Labute approximate surface area is 129 Å². The molecule has 1 aromatic rings. The average Bonchev–Trinajstić information content (AvgIpc) is 2.45. The van der Waals surface area contributed by atoms with Gasteiger partial charge in [0.2, 0.25) is 0 Å². The van der Waals surface area contributed by atoms with E-state index in [4.69, 9.17) is 9.47 Å². The maximum absolute atomic E-state index is 10.4. The summed E-state index contributed by atoms with van der Waals surface area (Å²) in [5.41, 5.74) is -0.392. The smallest absolute Gasteiger partial charge is 0.155 e. The number of aliphatic hydroxyl groups is 3. The molecular formula is C16H24O6. The van der Waals surface area contributed by atoms with Crippen LogP contribution in [-0.4, -0.2) is 57.6 Å². The molecule has 0 radical (unpaired) electrons. The topological polar surface area (TPSA) is 99.4 Å². The van der Waals surface area contributed by atoms with Crippen LogP contribution >= 0.6 is 0 Å². The quantitative estimate of drug-likeness (QED) is 0.655. The van der Waals surface area contributed by atoms with Gasteiger partial charge in [0, 0.05) is 0 Å². The predicted molar refractivity (Wildman–Crippen MR) is 79.7 cm³/mol. The highest BCUT2D eigenvalue weighted by Crippen LogP contribution is 2.34. The van der Waals surface area contributed by atoms with Gasteiger partial charge in [0.1, 0.15) is 29.8 Å². The Bertz CT molecular complexity index is 478. The van der Waals surface area contributed by atoms with E-state index < -0.39 is 35.9 Å². The van der Waals surface area contributed by atoms with Gasteiger partial charge in [-0.05, 0) is 29.7 Å². The molecule has 6 nitrogen and oxygen atoms in total. The second kappa shape index (κ2) is 6.42. The van der Waals surface area contributed by atoms with Crippen LogP contribution in [0.5, 0.6) is 11.5 Å². The summed E-state index contributed by atoms with van der Waals surface area (Å²) in [6.07, 6.45) is -4.58. The summed E-state index contributed by atoms with van der Waals surface area (Å²) in [5.74, 6) is 0.504. The molecule has 1 fully saturated rings. The minimum atomic E-state index is -1.19. The van der Waals surface area contributed by atoms with Crippen LogP contribution in [-0.2, 0) is 4.74 Å². The second-order valence-corrected chi connectivity index (χ2v) is 6.70. The number of rotatable bonds is 3. The number of aliphatic hydroxyl groups excluding tert-OH is 3. The van der Waals surface area contributed by atoms with Crippen LogP contribution in [0, 0.1) is 5.41 Å². The second-order valence-electron chi connectivity index (χ2n) is 6.70. The highest BCUT2D eigenvalue weighted by molar-refractivity contribution is 5.30. The van der Waals surface area contributed by atoms with Crippen molar-refractivity contribution in [1.29, 1.82) is 0 Å². The van der Waals surface area contributed by atoms with Crippen molar-refractivity contribution in [2.45, 2.75) is 51.3 Å². The molecule has 1 saturated heterocycles. The van der Waals surface area contributed by atoms with E-state index >= 15 is 0 Å². The minimum Gasteiger partial charge on any atom is -0.508 e. The van der Waals surface area contributed by atoms with E-state index in [2.05, 4.69) is 0 Å². The lowest BCUT2D eigenvalue weighted by Gasteiger charge is -2.46. The predicted octanol–water partition coefficient (Wildman–Crippen LogP) is 0.667. The molecule has 1 aliphatic heterocycles. The molecule has 124 valence electrons. The molecule has 6 heteroatoms. The summed E-state index contributed by atoms with van der Waals surface area (Å²) in [5, 5.41) is 39.5. The molecule has 1 aromatic carbocycles. The van der Waals surface area contributed by atoms with Crippen molar-refractivity contribution in [3.05, 3.63) is 24.3 Å². The van der Waals surface area contributed by atoms with E-state index in [1.165, 1.54) is 12.1 Å². The van der Waals surface area contributed by atoms with Gasteiger partial charge in [0.15, 0.2) is 6.10 Å². The van der Waals surface area contributed by atoms with Gasteiger partial charge in [-0.3, -0.25) is 0 Å². The Balaban J connectivity index is 2.18. The molecule has 1 heterocycles. The summed E-state index contributed by atoms with van der Waals surface area (Å²) in [6, 6.07) is 5.99. The summed E-state index contributed by atoms with van der Waals surface area (Å²) in [7, 11) is 0. The third kappa shape index (κ3) is 3.52. The molecule has 1 aliphatic rings. The lowest BCUT2D eigenvalue weighted by atomic mass is 9.80. The van der Waals surface area contributed by atoms with Crippen molar-refractivity contribution in [2.24, 2.45) is 5.41 Å². The van der Waals surface area contributed by atoms with Gasteiger partial charge in [-0.1, -0.05) is 20.8 Å². The zero-order valence-corrected chi connectivity index (χ0v) is 13.0. The van der Waals surface area contributed by atoms with Crippen LogP contribution < -0.4 is 4.74 Å². The van der Waals surface area contributed by atoms with Crippen LogP contribution in [0.3, 0.4) is 0 Å². The van der Waals surface area contributed by atoms with Crippen LogP contribution in [0.2, 0.25) is 0 Å². The Morgan fingerprint density at radius 3 is 2.18 bits per heavy atom. The summed E-state index contributed by atoms with van der Waals surface area (Å²) < 4.78 is 11.4. The first-order chi connectivity index (χ1) is 10.2. The normalized spacial score (nSPS) is 32.7. The van der Waals surface area contributed by atoms with Gasteiger partial charge in [-0.15, -0.1) is 0 Å². The fourth-order valence-electron chi connectivity index (χ4n) is 2.63. The fourth-order valence-corrected chi connectivity index (χ4v) is 2.63. The van der Waals surface area contributed by atoms with Crippen molar-refractivity contribution >= 4 is 0 Å². The minimum absolute atomic E-state index is 0.0966. The van der Waals surface area contributed by atoms with E-state index in [-0.39, 0.29) is 12.4 Å². The summed E-state index contributed by atoms with van der Waals surface area (Å²) in [6.45, 7) is 5.34. The van der Waals surface area contributed by atoms with E-state index in [0.29, 0.717) is 5.75 Å². The third-order valence-electron chi connectivity index (χ3n) is 3.83. The number of benzene rings is 1. The number of phenols is 1. The molecule has 0 aromatic heterocycles. The maximum Gasteiger partial charge on any atom is 0.155 e. The van der Waals surface area contributed by atoms with Crippen molar-refractivity contribution < 1.29 is 29.9 Å². The standard InChI is InChI=1S/C16H24O6/c1-16(2,3)15-13(20)12(19)14(11(8-17)22-15)21-10-6-4-9(18)5-7-10/h4-7,11-15,17-20H,8H2,1-3H3/t11?,12-,13?,14+,15+/m1/s1. The van der Waals surface area contributed by atoms with Gasteiger partial charge in [0.25, 0.3) is 0 Å². The Morgan fingerprint density at radius 2 is 1.68 bits per heavy atom. The van der Waals surface area contributed by atoms with E-state index in [1.807, 2.05) is 20.8 Å². The Hall–Kier alpha value is -1.34. The van der Waals surface area contributed by atoms with Crippen LogP contribution in [0.1, 0.15) is 20.8 Å². The van der Waals surface area contributed by atoms with Gasteiger partial charge in [0.05, 0.1) is 12.7 Å². The molecule has 22 heavy (non-hydrogen) atoms. The van der Waals surface area contributed by atoms with Gasteiger partial charge in [-0.25, -0.2) is 0 Å². The molecule has 0 bridgehead atoms. The largest absolute Gasteiger partial charge is 0.508 e. The lowest BCUT2D eigenvalue weighted by Crippen LogP contribution is -2.63. The van der Waals surface area contributed by atoms with E-state index in [0.717, 1.165) is 0 Å². The highest BCUT2D eigenvalue weighted by atomic mass is 16.6. The zero-order valence-electron chi connectivity index (χ0n) is 13.0. The first kappa shape index (κ1) is 17.0. The number of phenolic OH excluding ortho intramolecular Hbond substituents is 1. The molecule has 4 N–H and O–H groups in total. The van der Waals surface area contributed by atoms with Crippen LogP contribution in [0.15, 0.2) is 24.3 Å². The van der Waals surface area contributed by atoms with Crippen molar-refractivity contribution in [3.8, 4) is 11.5 Å². The molecule has 0 spiro atoms. The SMILES string of the molecule is CC(C)(C)[C@H]1OC(CO)[C@H](Oc2ccc(O)cc2)[C@H](O)C1O. The number of aromatic hydroxyl groups is 1. The highest BCUT2D eigenvalue weighted by Gasteiger charge is 2.49. The molecular weight excluding hydrogens is 288 g/mol. The van der Waals surface area contributed by atoms with Gasteiger partial charge >= 0.3 is 0 Å². The third-order valence-corrected chi connectivity index (χ3v) is 3.83. The summed E-state index contributed by atoms with van der Waals surface area (Å²) >= 11 is 0. The number of hydrogen-bond donors (Lipinski definition) is 4. The lowest BCUT2D eigenvalue weighted by molar-refractivity contribution is -0.244. The molecule has 0 saturated carbocycles. The Kier molecular flexibility index (Phi) is 4.97. The van der Waals surface area contributed by atoms with Crippen LogP contribution in [0.4, 0.5) is 0 Å². The average molecular weight is 312 g/mol. The molecule has 0 aliphatic carbocycles. The van der Waals surface area contributed by atoms with Gasteiger partial charge < -0.3 is 29.9 Å². The molecule has 2 rings (SSSR count). The fraction of sp³-hybridized carbons (Fsp3) is 0.625. The monoisotopic (exact) mass is 312 g/mol. The maximum atomic E-state index is 10.4. The Morgan fingerprint density at radius 1 is 1.09 bits per heavy atom. The first-order valence-corrected chi connectivity index (χ1v) is 7.32. The number of ether oxygens (including phenoxy) is 2.